The molecule has 0 spiro atoms. The highest BCUT2D eigenvalue weighted by Gasteiger charge is 2.21. The van der Waals surface area contributed by atoms with Crippen LogP contribution in [0.15, 0.2) is 42.0 Å². The van der Waals surface area contributed by atoms with E-state index in [4.69, 9.17) is 4.74 Å². The summed E-state index contributed by atoms with van der Waals surface area (Å²) in [5.74, 6) is -0.0821. The number of carbonyl (C=O) groups is 1. The fourth-order valence-corrected chi connectivity index (χ4v) is 4.56. The summed E-state index contributed by atoms with van der Waals surface area (Å²) in [7, 11) is 0. The average Bonchev–Trinajstić information content (AvgIpc) is 2.88. The maximum absolute atomic E-state index is 13.0. The summed E-state index contributed by atoms with van der Waals surface area (Å²) in [6.45, 7) is 15.2. The van der Waals surface area contributed by atoms with Gasteiger partial charge in [-0.3, -0.25) is 4.79 Å². The second-order valence-corrected chi connectivity index (χ2v) is 10.9. The van der Waals surface area contributed by atoms with Gasteiger partial charge in [0.05, 0.1) is 5.60 Å². The van der Waals surface area contributed by atoms with Crippen molar-refractivity contribution in [1.29, 1.82) is 5.26 Å². The third kappa shape index (κ3) is 7.11. The molecule has 2 atom stereocenters. The molecule has 1 aliphatic rings. The molecule has 1 heterocycles. The van der Waals surface area contributed by atoms with Crippen LogP contribution < -0.4 is 10.2 Å². The lowest BCUT2D eigenvalue weighted by molar-refractivity contribution is -0.118. The number of fused-ring (bicyclic) bond motifs is 1. The maximum atomic E-state index is 13.0. The van der Waals surface area contributed by atoms with Crippen molar-refractivity contribution in [2.24, 2.45) is 5.92 Å². The SMILES string of the molecule is CCC(C)(C)OCCC(C)C(C)NC(=O)C(C#N)=C(C)c1ccc2cc(N3CCCCC3)ccc2c1. The molecular formula is C31H43N3O2. The first-order valence-corrected chi connectivity index (χ1v) is 13.5. The smallest absolute Gasteiger partial charge is 0.262 e. The normalized spacial score (nSPS) is 16.8. The van der Waals surface area contributed by atoms with Crippen molar-refractivity contribution in [1.82, 2.24) is 5.32 Å². The number of rotatable bonds is 10. The van der Waals surface area contributed by atoms with Crippen molar-refractivity contribution < 1.29 is 9.53 Å². The number of nitriles is 1. The molecule has 0 bridgehead atoms. The van der Waals surface area contributed by atoms with E-state index in [0.29, 0.717) is 12.2 Å². The van der Waals surface area contributed by atoms with Crippen LogP contribution in [-0.4, -0.2) is 37.2 Å². The van der Waals surface area contributed by atoms with Crippen LogP contribution in [0.4, 0.5) is 5.69 Å². The molecule has 1 aliphatic heterocycles. The van der Waals surface area contributed by atoms with Crippen LogP contribution in [0.5, 0.6) is 0 Å². The van der Waals surface area contributed by atoms with Gasteiger partial charge < -0.3 is 15.0 Å². The average molecular weight is 490 g/mol. The molecule has 194 valence electrons. The molecule has 1 amide bonds. The quantitative estimate of drug-likeness (QED) is 0.292. The van der Waals surface area contributed by atoms with E-state index in [2.05, 4.69) is 74.3 Å². The molecule has 2 aromatic carbocycles. The first kappa shape index (κ1) is 27.7. The zero-order valence-electron chi connectivity index (χ0n) is 23.0. The minimum Gasteiger partial charge on any atom is -0.376 e. The number of ether oxygens (including phenoxy) is 1. The summed E-state index contributed by atoms with van der Waals surface area (Å²) in [6, 6.07) is 14.9. The Balaban J connectivity index is 1.69. The molecule has 0 aliphatic carbocycles. The molecule has 36 heavy (non-hydrogen) atoms. The van der Waals surface area contributed by atoms with Gasteiger partial charge in [0.1, 0.15) is 11.6 Å². The predicted molar refractivity (Wildman–Crippen MR) is 150 cm³/mol. The van der Waals surface area contributed by atoms with Crippen molar-refractivity contribution in [2.45, 2.75) is 85.3 Å². The number of hydrogen-bond donors (Lipinski definition) is 1. The Morgan fingerprint density at radius 3 is 2.44 bits per heavy atom. The fraction of sp³-hybridized carbons (Fsp3) is 0.548. The van der Waals surface area contributed by atoms with Gasteiger partial charge in [-0.1, -0.05) is 32.0 Å². The van der Waals surface area contributed by atoms with Gasteiger partial charge in [-0.15, -0.1) is 0 Å². The number of benzene rings is 2. The zero-order chi connectivity index (χ0) is 26.3. The molecule has 2 unspecified atom stereocenters. The van der Waals surface area contributed by atoms with E-state index in [9.17, 15) is 10.1 Å². The first-order valence-electron chi connectivity index (χ1n) is 13.5. The van der Waals surface area contributed by atoms with Crippen LogP contribution in [0.1, 0.15) is 79.2 Å². The van der Waals surface area contributed by atoms with E-state index in [1.54, 1.807) is 0 Å². The van der Waals surface area contributed by atoms with E-state index >= 15 is 0 Å². The Morgan fingerprint density at radius 2 is 1.78 bits per heavy atom. The van der Waals surface area contributed by atoms with Gasteiger partial charge in [-0.25, -0.2) is 0 Å². The summed E-state index contributed by atoms with van der Waals surface area (Å²) in [4.78, 5) is 15.5. The van der Waals surface area contributed by atoms with Crippen LogP contribution >= 0.6 is 0 Å². The van der Waals surface area contributed by atoms with E-state index < -0.39 is 0 Å². The highest BCUT2D eigenvalue weighted by molar-refractivity contribution is 6.05. The number of anilines is 1. The summed E-state index contributed by atoms with van der Waals surface area (Å²) < 4.78 is 5.97. The Hall–Kier alpha value is -2.84. The van der Waals surface area contributed by atoms with Crippen LogP contribution in [0, 0.1) is 17.2 Å². The van der Waals surface area contributed by atoms with Crippen LogP contribution in [0.25, 0.3) is 16.3 Å². The third-order valence-electron chi connectivity index (χ3n) is 7.82. The van der Waals surface area contributed by atoms with Crippen molar-refractivity contribution in [3.63, 3.8) is 0 Å². The Kier molecular flexibility index (Phi) is 9.56. The summed E-state index contributed by atoms with van der Waals surface area (Å²) in [5, 5.41) is 15.2. The zero-order valence-corrected chi connectivity index (χ0v) is 23.0. The van der Waals surface area contributed by atoms with Gasteiger partial charge in [-0.05, 0) is 106 Å². The lowest BCUT2D eigenvalue weighted by atomic mass is 9.96. The van der Waals surface area contributed by atoms with Crippen molar-refractivity contribution in [3.8, 4) is 6.07 Å². The molecule has 3 rings (SSSR count). The van der Waals surface area contributed by atoms with E-state index in [1.165, 1.54) is 30.3 Å². The molecule has 0 saturated carbocycles. The highest BCUT2D eigenvalue weighted by Crippen LogP contribution is 2.28. The summed E-state index contributed by atoms with van der Waals surface area (Å²) in [6.07, 6.45) is 5.62. The lowest BCUT2D eigenvalue weighted by Gasteiger charge is -2.29. The monoisotopic (exact) mass is 489 g/mol. The molecule has 5 nitrogen and oxygen atoms in total. The van der Waals surface area contributed by atoms with Gasteiger partial charge in [0.15, 0.2) is 0 Å². The first-order chi connectivity index (χ1) is 17.1. The molecule has 1 N–H and O–H groups in total. The van der Waals surface area contributed by atoms with Crippen LogP contribution in [0.2, 0.25) is 0 Å². The van der Waals surface area contributed by atoms with Crippen LogP contribution in [-0.2, 0) is 9.53 Å². The Labute approximate surface area is 217 Å². The third-order valence-corrected chi connectivity index (χ3v) is 7.82. The topological polar surface area (TPSA) is 65.4 Å². The van der Waals surface area contributed by atoms with E-state index in [1.807, 2.05) is 19.9 Å². The van der Waals surface area contributed by atoms with E-state index in [0.717, 1.165) is 36.9 Å². The van der Waals surface area contributed by atoms with Gasteiger partial charge in [0, 0.05) is 31.4 Å². The fourth-order valence-electron chi connectivity index (χ4n) is 4.56. The summed E-state index contributed by atoms with van der Waals surface area (Å²) in [5.41, 5.74) is 2.91. The van der Waals surface area contributed by atoms with Crippen LogP contribution in [0.3, 0.4) is 0 Å². The number of hydrogen-bond acceptors (Lipinski definition) is 4. The maximum Gasteiger partial charge on any atom is 0.262 e. The number of carbonyl (C=O) groups excluding carboxylic acids is 1. The minimum absolute atomic E-state index is 0.0631. The summed E-state index contributed by atoms with van der Waals surface area (Å²) >= 11 is 0. The second-order valence-electron chi connectivity index (χ2n) is 10.9. The van der Waals surface area contributed by atoms with Crippen molar-refractivity contribution in [2.75, 3.05) is 24.6 Å². The van der Waals surface area contributed by atoms with Gasteiger partial charge in [0.25, 0.3) is 5.91 Å². The highest BCUT2D eigenvalue weighted by atomic mass is 16.5. The number of nitrogens with one attached hydrogen (secondary N) is 1. The van der Waals surface area contributed by atoms with Gasteiger partial charge >= 0.3 is 0 Å². The Bertz CT molecular complexity index is 1120. The van der Waals surface area contributed by atoms with E-state index in [-0.39, 0.29) is 29.0 Å². The lowest BCUT2D eigenvalue weighted by Crippen LogP contribution is -2.38. The van der Waals surface area contributed by atoms with Crippen molar-refractivity contribution >= 4 is 27.9 Å². The molecule has 1 fully saturated rings. The number of piperidine rings is 1. The molecule has 0 radical (unpaired) electrons. The second kappa shape index (κ2) is 12.4. The minimum atomic E-state index is -0.315. The number of nitrogens with zero attached hydrogens (tertiary/aromatic N) is 2. The van der Waals surface area contributed by atoms with Crippen molar-refractivity contribution in [3.05, 3.63) is 47.5 Å². The molecular weight excluding hydrogens is 446 g/mol. The molecule has 1 saturated heterocycles. The van der Waals surface area contributed by atoms with Gasteiger partial charge in [0.2, 0.25) is 0 Å². The molecule has 2 aromatic rings. The largest absolute Gasteiger partial charge is 0.376 e. The number of allylic oxidation sites excluding steroid dienone is 1. The predicted octanol–water partition coefficient (Wildman–Crippen LogP) is 6.86. The van der Waals surface area contributed by atoms with Gasteiger partial charge in [-0.2, -0.15) is 5.26 Å². The standard InChI is InChI=1S/C31H43N3O2/c1-7-31(5,6)36-18-15-22(2)24(4)33-30(35)29(21-32)23(3)25-11-12-27-20-28(14-13-26(27)19-25)34-16-9-8-10-17-34/h11-14,19-20,22,24H,7-10,15-18H2,1-6H3,(H,33,35). The Morgan fingerprint density at radius 1 is 1.11 bits per heavy atom. The molecule has 0 aromatic heterocycles. The number of amides is 1. The molecule has 5 heteroatoms.